The molecule has 0 aliphatic carbocycles. The average Bonchev–Trinajstić information content (AvgIpc) is 3.01. The van der Waals surface area contributed by atoms with Crippen molar-refractivity contribution in [1.29, 1.82) is 0 Å². The number of ether oxygens (including phenoxy) is 2. The molecule has 6 heteroatoms. The largest absolute Gasteiger partial charge is 0.382 e. The van der Waals surface area contributed by atoms with Gasteiger partial charge in [-0.2, -0.15) is 0 Å². The highest BCUT2D eigenvalue weighted by molar-refractivity contribution is 5.32. The van der Waals surface area contributed by atoms with Gasteiger partial charge in [-0.3, -0.25) is 0 Å². The van der Waals surface area contributed by atoms with Crippen LogP contribution in [-0.4, -0.2) is 49.0 Å². The maximum atomic E-state index is 5.53. The van der Waals surface area contributed by atoms with Gasteiger partial charge >= 0.3 is 0 Å². The van der Waals surface area contributed by atoms with Gasteiger partial charge in [-0.25, -0.2) is 4.68 Å². The molecule has 0 saturated heterocycles. The molecule has 21 heavy (non-hydrogen) atoms. The Morgan fingerprint density at radius 1 is 1.19 bits per heavy atom. The highest BCUT2D eigenvalue weighted by Gasteiger charge is 2.16. The van der Waals surface area contributed by atoms with Crippen molar-refractivity contribution in [2.75, 3.05) is 34.0 Å². The smallest absolute Gasteiger partial charge is 0.0815 e. The van der Waals surface area contributed by atoms with E-state index in [1.165, 1.54) is 0 Å². The minimum Gasteiger partial charge on any atom is -0.382 e. The molecule has 1 N–H and O–H groups in total. The van der Waals surface area contributed by atoms with Crippen LogP contribution in [0.2, 0.25) is 0 Å². The van der Waals surface area contributed by atoms with E-state index in [0.29, 0.717) is 19.8 Å². The van der Waals surface area contributed by atoms with E-state index >= 15 is 0 Å². The summed E-state index contributed by atoms with van der Waals surface area (Å²) in [6.45, 7) is 1.89. The molecule has 1 aromatic heterocycles. The first kappa shape index (κ1) is 15.6. The summed E-state index contributed by atoms with van der Waals surface area (Å²) < 4.78 is 12.4. The molecule has 0 bridgehead atoms. The van der Waals surface area contributed by atoms with Crippen molar-refractivity contribution in [3.8, 4) is 5.69 Å². The molecule has 0 radical (unpaired) electrons. The quantitative estimate of drug-likeness (QED) is 0.711. The second kappa shape index (κ2) is 8.51. The molecular weight excluding hydrogens is 268 g/mol. The fourth-order valence-corrected chi connectivity index (χ4v) is 2.14. The number of rotatable bonds is 9. The van der Waals surface area contributed by atoms with Crippen molar-refractivity contribution in [2.45, 2.75) is 12.5 Å². The van der Waals surface area contributed by atoms with Gasteiger partial charge in [0.2, 0.25) is 0 Å². The Morgan fingerprint density at radius 2 is 2.00 bits per heavy atom. The number of nitrogens with one attached hydrogen (secondary N) is 1. The number of hydrogen-bond acceptors (Lipinski definition) is 5. The van der Waals surface area contributed by atoms with E-state index in [1.807, 2.05) is 42.1 Å². The SMILES string of the molecule is CNC(CCOCCOC)c1cnnn1-c1ccccc1. The Morgan fingerprint density at radius 3 is 2.71 bits per heavy atom. The maximum Gasteiger partial charge on any atom is 0.0815 e. The maximum absolute atomic E-state index is 5.53. The first-order valence-corrected chi connectivity index (χ1v) is 7.06. The van der Waals surface area contributed by atoms with Crippen LogP contribution in [0.4, 0.5) is 0 Å². The topological polar surface area (TPSA) is 61.2 Å². The van der Waals surface area contributed by atoms with Gasteiger partial charge in [0, 0.05) is 13.7 Å². The summed E-state index contributed by atoms with van der Waals surface area (Å²) >= 11 is 0. The van der Waals surface area contributed by atoms with E-state index in [0.717, 1.165) is 17.8 Å². The first-order chi connectivity index (χ1) is 10.4. The third-order valence-corrected chi connectivity index (χ3v) is 3.26. The monoisotopic (exact) mass is 290 g/mol. The Kier molecular flexibility index (Phi) is 6.33. The average molecular weight is 290 g/mol. The lowest BCUT2D eigenvalue weighted by atomic mass is 10.1. The summed E-state index contributed by atoms with van der Waals surface area (Å²) in [5.74, 6) is 0. The zero-order valence-corrected chi connectivity index (χ0v) is 12.5. The van der Waals surface area contributed by atoms with Crippen LogP contribution in [0.5, 0.6) is 0 Å². The van der Waals surface area contributed by atoms with Crippen molar-refractivity contribution < 1.29 is 9.47 Å². The van der Waals surface area contributed by atoms with Crippen molar-refractivity contribution in [3.63, 3.8) is 0 Å². The molecule has 1 heterocycles. The summed E-state index contributed by atoms with van der Waals surface area (Å²) in [4.78, 5) is 0. The van der Waals surface area contributed by atoms with Gasteiger partial charge in [0.05, 0.1) is 36.8 Å². The third kappa shape index (κ3) is 4.35. The summed E-state index contributed by atoms with van der Waals surface area (Å²) in [7, 11) is 3.60. The van der Waals surface area contributed by atoms with Gasteiger partial charge < -0.3 is 14.8 Å². The van der Waals surface area contributed by atoms with E-state index in [4.69, 9.17) is 9.47 Å². The van der Waals surface area contributed by atoms with Crippen LogP contribution < -0.4 is 5.32 Å². The van der Waals surface area contributed by atoms with Gasteiger partial charge in [-0.05, 0) is 25.6 Å². The number of nitrogens with zero attached hydrogens (tertiary/aromatic N) is 3. The second-order valence-electron chi connectivity index (χ2n) is 4.64. The van der Waals surface area contributed by atoms with E-state index in [1.54, 1.807) is 13.3 Å². The standard InChI is InChI=1S/C15H22N4O2/c1-16-14(8-9-21-11-10-20-2)15-12-17-18-19(15)13-6-4-3-5-7-13/h3-7,12,14,16H,8-11H2,1-2H3. The van der Waals surface area contributed by atoms with E-state index in [-0.39, 0.29) is 6.04 Å². The molecule has 1 aromatic carbocycles. The van der Waals surface area contributed by atoms with Gasteiger partial charge in [-0.15, -0.1) is 5.10 Å². The van der Waals surface area contributed by atoms with Gasteiger partial charge in [-0.1, -0.05) is 23.4 Å². The summed E-state index contributed by atoms with van der Waals surface area (Å²) in [6, 6.07) is 10.1. The minimum atomic E-state index is 0.141. The lowest BCUT2D eigenvalue weighted by Gasteiger charge is -2.17. The second-order valence-corrected chi connectivity index (χ2v) is 4.64. The molecule has 6 nitrogen and oxygen atoms in total. The molecule has 1 unspecified atom stereocenters. The Bertz CT molecular complexity index is 515. The molecule has 0 spiro atoms. The fraction of sp³-hybridized carbons (Fsp3) is 0.467. The Labute approximate surface area is 125 Å². The predicted molar refractivity (Wildman–Crippen MR) is 80.5 cm³/mol. The normalized spacial score (nSPS) is 12.5. The minimum absolute atomic E-state index is 0.141. The molecular formula is C15H22N4O2. The third-order valence-electron chi connectivity index (χ3n) is 3.26. The van der Waals surface area contributed by atoms with Crippen molar-refractivity contribution in [2.24, 2.45) is 0 Å². The van der Waals surface area contributed by atoms with Gasteiger partial charge in [0.15, 0.2) is 0 Å². The lowest BCUT2D eigenvalue weighted by Crippen LogP contribution is -2.22. The van der Waals surface area contributed by atoms with Crippen molar-refractivity contribution in [3.05, 3.63) is 42.2 Å². The predicted octanol–water partition coefficient (Wildman–Crippen LogP) is 1.58. The van der Waals surface area contributed by atoms with Crippen LogP contribution in [-0.2, 0) is 9.47 Å². The van der Waals surface area contributed by atoms with Crippen LogP contribution in [0, 0.1) is 0 Å². The van der Waals surface area contributed by atoms with Crippen molar-refractivity contribution in [1.82, 2.24) is 20.3 Å². The summed E-state index contributed by atoms with van der Waals surface area (Å²) in [6.07, 6.45) is 2.64. The Balaban J connectivity index is 2.01. The molecule has 0 fully saturated rings. The zero-order chi connectivity index (χ0) is 14.9. The van der Waals surface area contributed by atoms with Crippen LogP contribution in [0.1, 0.15) is 18.2 Å². The van der Waals surface area contributed by atoms with Gasteiger partial charge in [0.1, 0.15) is 0 Å². The molecule has 0 aliphatic rings. The van der Waals surface area contributed by atoms with Crippen LogP contribution in [0.15, 0.2) is 36.5 Å². The molecule has 2 rings (SSSR count). The van der Waals surface area contributed by atoms with Crippen LogP contribution >= 0.6 is 0 Å². The molecule has 2 aromatic rings. The number of methoxy groups -OCH3 is 1. The molecule has 0 saturated carbocycles. The molecule has 0 aliphatic heterocycles. The number of aromatic nitrogens is 3. The zero-order valence-electron chi connectivity index (χ0n) is 12.5. The van der Waals surface area contributed by atoms with Crippen molar-refractivity contribution >= 4 is 0 Å². The highest BCUT2D eigenvalue weighted by Crippen LogP contribution is 2.18. The van der Waals surface area contributed by atoms with Gasteiger partial charge in [0.25, 0.3) is 0 Å². The molecule has 114 valence electrons. The lowest BCUT2D eigenvalue weighted by molar-refractivity contribution is 0.0658. The van der Waals surface area contributed by atoms with Crippen LogP contribution in [0.3, 0.4) is 0 Å². The summed E-state index contributed by atoms with van der Waals surface area (Å²) in [5.41, 5.74) is 2.03. The summed E-state index contributed by atoms with van der Waals surface area (Å²) in [5, 5.41) is 11.5. The molecule has 1 atom stereocenters. The van der Waals surface area contributed by atoms with E-state index in [2.05, 4.69) is 15.6 Å². The van der Waals surface area contributed by atoms with E-state index < -0.39 is 0 Å². The molecule has 0 amide bonds. The first-order valence-electron chi connectivity index (χ1n) is 7.06. The number of hydrogen-bond donors (Lipinski definition) is 1. The number of benzene rings is 1. The fourth-order valence-electron chi connectivity index (χ4n) is 2.14. The van der Waals surface area contributed by atoms with Crippen LogP contribution in [0.25, 0.3) is 5.69 Å². The number of para-hydroxylation sites is 1. The van der Waals surface area contributed by atoms with E-state index in [9.17, 15) is 0 Å². The Hall–Kier alpha value is -1.76. The highest BCUT2D eigenvalue weighted by atomic mass is 16.5.